The highest BCUT2D eigenvalue weighted by Gasteiger charge is 2.31. The molecule has 1 amide bonds. The minimum atomic E-state index is -4.48. The van der Waals surface area contributed by atoms with Crippen molar-refractivity contribution >= 4 is 34.7 Å². The van der Waals surface area contributed by atoms with E-state index in [1.807, 2.05) is 47.4 Å². The molecule has 3 heterocycles. The molecule has 1 aliphatic rings. The van der Waals surface area contributed by atoms with Gasteiger partial charge < -0.3 is 9.80 Å². The van der Waals surface area contributed by atoms with Gasteiger partial charge in [0.25, 0.3) is 5.91 Å². The Labute approximate surface area is 261 Å². The van der Waals surface area contributed by atoms with Gasteiger partial charge in [-0.05, 0) is 42.3 Å². The molecule has 1 fully saturated rings. The number of hydrogen-bond acceptors (Lipinski definition) is 7. The molecule has 0 saturated carbocycles. The van der Waals surface area contributed by atoms with Gasteiger partial charge in [-0.3, -0.25) is 9.36 Å². The van der Waals surface area contributed by atoms with Crippen LogP contribution in [0.4, 0.5) is 18.9 Å². The fourth-order valence-corrected chi connectivity index (χ4v) is 6.96. The molecule has 44 heavy (non-hydrogen) atoms. The first-order chi connectivity index (χ1) is 21.3. The predicted octanol–water partition coefficient (Wildman–Crippen LogP) is 6.90. The topological polar surface area (TPSA) is 67.2 Å². The molecule has 0 aliphatic carbocycles. The van der Waals surface area contributed by atoms with Gasteiger partial charge in [-0.2, -0.15) is 13.2 Å². The van der Waals surface area contributed by atoms with Gasteiger partial charge in [0.15, 0.2) is 5.16 Å². The van der Waals surface area contributed by atoms with Gasteiger partial charge in [0.2, 0.25) is 0 Å². The summed E-state index contributed by atoms with van der Waals surface area (Å²) in [6.45, 7) is 4.81. The molecule has 5 aromatic rings. The summed E-state index contributed by atoms with van der Waals surface area (Å²) in [5, 5.41) is 11.6. The third-order valence-electron chi connectivity index (χ3n) is 7.46. The molecule has 7 nitrogen and oxygen atoms in total. The van der Waals surface area contributed by atoms with Crippen LogP contribution < -0.4 is 4.90 Å². The van der Waals surface area contributed by atoms with Crippen LogP contribution in [0, 0.1) is 6.92 Å². The first-order valence-corrected chi connectivity index (χ1v) is 16.0. The van der Waals surface area contributed by atoms with Crippen molar-refractivity contribution in [1.29, 1.82) is 0 Å². The molecule has 226 valence electrons. The molecule has 1 aliphatic heterocycles. The van der Waals surface area contributed by atoms with Crippen molar-refractivity contribution in [2.75, 3.05) is 31.1 Å². The third-order valence-corrected chi connectivity index (χ3v) is 9.43. The minimum absolute atomic E-state index is 0.0980. The highest BCUT2D eigenvalue weighted by Crippen LogP contribution is 2.33. The van der Waals surface area contributed by atoms with Gasteiger partial charge in [-0.1, -0.05) is 66.4 Å². The van der Waals surface area contributed by atoms with E-state index in [1.165, 1.54) is 40.4 Å². The van der Waals surface area contributed by atoms with Crippen molar-refractivity contribution in [1.82, 2.24) is 24.6 Å². The molecule has 2 aromatic heterocycles. The molecule has 6 rings (SSSR count). The van der Waals surface area contributed by atoms with E-state index in [0.717, 1.165) is 35.8 Å². The molecular formula is C32H29F3N6OS2. The van der Waals surface area contributed by atoms with Crippen LogP contribution in [0.25, 0.3) is 5.69 Å². The van der Waals surface area contributed by atoms with Crippen molar-refractivity contribution in [2.45, 2.75) is 30.4 Å². The Morgan fingerprint density at radius 2 is 1.68 bits per heavy atom. The third kappa shape index (κ3) is 6.66. The largest absolute Gasteiger partial charge is 0.416 e. The lowest BCUT2D eigenvalue weighted by Crippen LogP contribution is -2.49. The Morgan fingerprint density at radius 1 is 0.932 bits per heavy atom. The maximum atomic E-state index is 13.6. The van der Waals surface area contributed by atoms with Crippen molar-refractivity contribution in [3.05, 3.63) is 117 Å². The van der Waals surface area contributed by atoms with E-state index in [9.17, 15) is 18.0 Å². The summed E-state index contributed by atoms with van der Waals surface area (Å²) in [7, 11) is 0. The van der Waals surface area contributed by atoms with Gasteiger partial charge in [0, 0.05) is 43.7 Å². The summed E-state index contributed by atoms with van der Waals surface area (Å²) in [4.78, 5) is 22.0. The lowest BCUT2D eigenvalue weighted by molar-refractivity contribution is -0.137. The van der Waals surface area contributed by atoms with E-state index < -0.39 is 11.7 Å². The van der Waals surface area contributed by atoms with Crippen LogP contribution in [0.15, 0.2) is 89.4 Å². The number of hydrogen-bond donors (Lipinski definition) is 0. The van der Waals surface area contributed by atoms with Crippen LogP contribution in [0.5, 0.6) is 0 Å². The number of para-hydroxylation sites is 1. The number of amides is 1. The highest BCUT2D eigenvalue weighted by atomic mass is 32.2. The van der Waals surface area contributed by atoms with E-state index in [2.05, 4.69) is 39.1 Å². The summed E-state index contributed by atoms with van der Waals surface area (Å²) in [6, 6.07) is 23.0. The number of aromatic nitrogens is 4. The standard InChI is InChI=1S/C32H29F3N6OS2/c1-22-8-5-6-13-27(22)39-14-16-40(17-15-39)30(42)26-20-43-29(36-26)21-44-31-38-37-28(18-23-9-3-2-4-10-23)41(31)25-12-7-11-24(19-25)32(33,34)35/h2-13,19-20H,14-18,21H2,1H3. The zero-order valence-electron chi connectivity index (χ0n) is 23.9. The van der Waals surface area contributed by atoms with Crippen LogP contribution in [0.2, 0.25) is 0 Å². The van der Waals surface area contributed by atoms with Gasteiger partial charge in [-0.25, -0.2) is 4.98 Å². The minimum Gasteiger partial charge on any atom is -0.368 e. The number of alkyl halides is 3. The number of piperazine rings is 1. The molecule has 12 heteroatoms. The monoisotopic (exact) mass is 634 g/mol. The van der Waals surface area contributed by atoms with Crippen LogP contribution in [-0.4, -0.2) is 56.7 Å². The highest BCUT2D eigenvalue weighted by molar-refractivity contribution is 7.98. The van der Waals surface area contributed by atoms with E-state index in [-0.39, 0.29) is 5.91 Å². The summed E-state index contributed by atoms with van der Waals surface area (Å²) >= 11 is 2.71. The molecule has 0 bridgehead atoms. The summed E-state index contributed by atoms with van der Waals surface area (Å²) in [6.07, 6.45) is -4.08. The van der Waals surface area contributed by atoms with E-state index >= 15 is 0 Å². The second-order valence-corrected chi connectivity index (χ2v) is 12.3. The average Bonchev–Trinajstić information content (AvgIpc) is 3.67. The quantitative estimate of drug-likeness (QED) is 0.173. The first kappa shape index (κ1) is 29.9. The van der Waals surface area contributed by atoms with Crippen LogP contribution in [0.3, 0.4) is 0 Å². The zero-order chi connectivity index (χ0) is 30.7. The van der Waals surface area contributed by atoms with Crippen molar-refractivity contribution in [3.8, 4) is 5.69 Å². The molecular weight excluding hydrogens is 606 g/mol. The number of rotatable bonds is 8. The maximum absolute atomic E-state index is 13.6. The second kappa shape index (κ2) is 12.8. The van der Waals surface area contributed by atoms with Gasteiger partial charge in [0.05, 0.1) is 17.0 Å². The smallest absolute Gasteiger partial charge is 0.368 e. The van der Waals surface area contributed by atoms with Gasteiger partial charge in [-0.15, -0.1) is 21.5 Å². The number of carbonyl (C=O) groups excluding carboxylic acids is 1. The molecule has 1 saturated heterocycles. The Balaban J connectivity index is 1.16. The molecule has 0 spiro atoms. The Bertz CT molecular complexity index is 1750. The second-order valence-electron chi connectivity index (χ2n) is 10.4. The number of halogens is 3. The van der Waals surface area contributed by atoms with E-state index in [0.29, 0.717) is 47.6 Å². The van der Waals surface area contributed by atoms with E-state index in [1.54, 1.807) is 16.0 Å². The molecule has 0 atom stereocenters. The molecule has 0 radical (unpaired) electrons. The van der Waals surface area contributed by atoms with Crippen molar-refractivity contribution in [3.63, 3.8) is 0 Å². The Kier molecular flexibility index (Phi) is 8.72. The maximum Gasteiger partial charge on any atom is 0.416 e. The lowest BCUT2D eigenvalue weighted by atomic mass is 10.1. The number of thiazole rings is 1. The summed E-state index contributed by atoms with van der Waals surface area (Å²) in [5.74, 6) is 0.818. The van der Waals surface area contributed by atoms with Crippen molar-refractivity contribution in [2.24, 2.45) is 0 Å². The SMILES string of the molecule is Cc1ccccc1N1CCN(C(=O)c2csc(CSc3nnc(Cc4ccccc4)n3-c3cccc(C(F)(F)F)c3)n2)CC1. The normalized spacial score (nSPS) is 13.8. The Hall–Kier alpha value is -4.16. The van der Waals surface area contributed by atoms with Crippen LogP contribution >= 0.6 is 23.1 Å². The Morgan fingerprint density at radius 3 is 2.43 bits per heavy atom. The van der Waals surface area contributed by atoms with Crippen LogP contribution in [-0.2, 0) is 18.3 Å². The van der Waals surface area contributed by atoms with E-state index in [4.69, 9.17) is 0 Å². The summed E-state index contributed by atoms with van der Waals surface area (Å²) in [5.41, 5.74) is 3.36. The number of carbonyl (C=O) groups is 1. The zero-order valence-corrected chi connectivity index (χ0v) is 25.5. The average molecular weight is 635 g/mol. The molecule has 0 unspecified atom stereocenters. The number of thioether (sulfide) groups is 1. The number of benzene rings is 3. The number of anilines is 1. The predicted molar refractivity (Wildman–Crippen MR) is 167 cm³/mol. The lowest BCUT2D eigenvalue weighted by Gasteiger charge is -2.36. The first-order valence-electron chi connectivity index (χ1n) is 14.1. The molecule has 0 N–H and O–H groups in total. The summed E-state index contributed by atoms with van der Waals surface area (Å²) < 4.78 is 42.3. The van der Waals surface area contributed by atoms with Gasteiger partial charge >= 0.3 is 6.18 Å². The van der Waals surface area contributed by atoms with Gasteiger partial charge in [0.1, 0.15) is 16.5 Å². The fourth-order valence-electron chi connectivity index (χ4n) is 5.20. The number of nitrogens with zero attached hydrogens (tertiary/aromatic N) is 6. The number of aryl methyl sites for hydroxylation is 1. The van der Waals surface area contributed by atoms with Crippen LogP contribution in [0.1, 0.15) is 38.0 Å². The van der Waals surface area contributed by atoms with Crippen molar-refractivity contribution < 1.29 is 18.0 Å². The molecule has 3 aromatic carbocycles. The fraction of sp³-hybridized carbons (Fsp3) is 0.250.